The molecule has 72 valence electrons. The third-order valence-electron chi connectivity index (χ3n) is 1.78. The lowest BCUT2D eigenvalue weighted by Gasteiger charge is -2.02. The SMILES string of the molecule is Nc1ccn(-c2ccc(I)c(Cl)c2)n1. The molecule has 2 rings (SSSR count). The first-order valence-electron chi connectivity index (χ1n) is 3.93. The molecule has 0 radical (unpaired) electrons. The van der Waals surface area contributed by atoms with Crippen LogP contribution >= 0.6 is 34.2 Å². The summed E-state index contributed by atoms with van der Waals surface area (Å²) in [5.41, 5.74) is 6.43. The summed E-state index contributed by atoms with van der Waals surface area (Å²) in [6.07, 6.45) is 1.80. The second-order valence-corrected chi connectivity index (χ2v) is 4.35. The van der Waals surface area contributed by atoms with Gasteiger partial charge < -0.3 is 5.73 Å². The normalized spacial score (nSPS) is 10.4. The highest BCUT2D eigenvalue weighted by Crippen LogP contribution is 2.21. The van der Waals surface area contributed by atoms with E-state index in [-0.39, 0.29) is 0 Å². The Labute approximate surface area is 100 Å². The lowest BCUT2D eigenvalue weighted by Crippen LogP contribution is -1.96. The molecule has 1 aromatic heterocycles. The first-order chi connectivity index (χ1) is 6.66. The van der Waals surface area contributed by atoms with Crippen molar-refractivity contribution in [3.63, 3.8) is 0 Å². The van der Waals surface area contributed by atoms with Gasteiger partial charge in [-0.2, -0.15) is 5.10 Å². The average molecular weight is 320 g/mol. The summed E-state index contributed by atoms with van der Waals surface area (Å²) in [6.45, 7) is 0. The Morgan fingerprint density at radius 1 is 1.36 bits per heavy atom. The third-order valence-corrected chi connectivity index (χ3v) is 3.35. The molecule has 2 aromatic rings. The third kappa shape index (κ3) is 1.85. The number of hydrogen-bond donors (Lipinski definition) is 1. The highest BCUT2D eigenvalue weighted by molar-refractivity contribution is 14.1. The molecule has 3 nitrogen and oxygen atoms in total. The smallest absolute Gasteiger partial charge is 0.145 e. The van der Waals surface area contributed by atoms with Crippen molar-refractivity contribution in [1.29, 1.82) is 0 Å². The quantitative estimate of drug-likeness (QED) is 0.821. The summed E-state index contributed by atoms with van der Waals surface area (Å²) < 4.78 is 2.71. The number of benzene rings is 1. The van der Waals surface area contributed by atoms with E-state index in [1.807, 2.05) is 18.2 Å². The van der Waals surface area contributed by atoms with Gasteiger partial charge in [-0.3, -0.25) is 0 Å². The molecule has 0 spiro atoms. The molecule has 0 aliphatic heterocycles. The molecule has 1 heterocycles. The van der Waals surface area contributed by atoms with Gasteiger partial charge in [0.25, 0.3) is 0 Å². The zero-order valence-electron chi connectivity index (χ0n) is 7.11. The summed E-state index contributed by atoms with van der Waals surface area (Å²) in [6, 6.07) is 7.48. The molecule has 0 aliphatic carbocycles. The Hall–Kier alpha value is -0.750. The highest BCUT2D eigenvalue weighted by atomic mass is 127. The molecule has 0 atom stereocenters. The van der Waals surface area contributed by atoms with Gasteiger partial charge in [0.1, 0.15) is 5.82 Å². The van der Waals surface area contributed by atoms with Gasteiger partial charge in [0.2, 0.25) is 0 Å². The van der Waals surface area contributed by atoms with Crippen LogP contribution in [0.1, 0.15) is 0 Å². The first kappa shape index (κ1) is 9.79. The first-order valence-corrected chi connectivity index (χ1v) is 5.39. The topological polar surface area (TPSA) is 43.8 Å². The van der Waals surface area contributed by atoms with Crippen molar-refractivity contribution in [2.75, 3.05) is 5.73 Å². The Balaban J connectivity index is 2.47. The number of aromatic nitrogens is 2. The van der Waals surface area contributed by atoms with Gasteiger partial charge in [0, 0.05) is 15.8 Å². The van der Waals surface area contributed by atoms with Crippen LogP contribution < -0.4 is 5.73 Å². The Morgan fingerprint density at radius 3 is 2.71 bits per heavy atom. The average Bonchev–Trinajstić information content (AvgIpc) is 2.57. The van der Waals surface area contributed by atoms with Crippen molar-refractivity contribution < 1.29 is 0 Å². The van der Waals surface area contributed by atoms with Crippen molar-refractivity contribution in [2.24, 2.45) is 0 Å². The van der Waals surface area contributed by atoms with E-state index in [0.29, 0.717) is 5.82 Å². The van der Waals surface area contributed by atoms with E-state index in [2.05, 4.69) is 27.7 Å². The fourth-order valence-corrected chi connectivity index (χ4v) is 1.62. The van der Waals surface area contributed by atoms with E-state index in [1.54, 1.807) is 16.9 Å². The van der Waals surface area contributed by atoms with Gasteiger partial charge in [-0.05, 0) is 40.8 Å². The maximum atomic E-state index is 5.99. The zero-order chi connectivity index (χ0) is 10.1. The van der Waals surface area contributed by atoms with Crippen LogP contribution in [0.25, 0.3) is 5.69 Å². The van der Waals surface area contributed by atoms with Crippen molar-refractivity contribution in [3.8, 4) is 5.69 Å². The Morgan fingerprint density at radius 2 is 2.14 bits per heavy atom. The molecular formula is C9H7ClIN3. The minimum atomic E-state index is 0.500. The molecule has 5 heteroatoms. The predicted molar refractivity (Wildman–Crippen MR) is 65.7 cm³/mol. The number of anilines is 1. The summed E-state index contributed by atoms with van der Waals surface area (Å²) in [7, 11) is 0. The van der Waals surface area contributed by atoms with Crippen LogP contribution in [0.5, 0.6) is 0 Å². The van der Waals surface area contributed by atoms with Crippen molar-refractivity contribution >= 4 is 40.0 Å². The van der Waals surface area contributed by atoms with Crippen LogP contribution in [-0.2, 0) is 0 Å². The number of nitrogen functional groups attached to an aromatic ring is 1. The van der Waals surface area contributed by atoms with Crippen LogP contribution in [0.4, 0.5) is 5.82 Å². The molecule has 0 fully saturated rings. The molecule has 0 saturated heterocycles. The van der Waals surface area contributed by atoms with E-state index in [1.165, 1.54) is 0 Å². The van der Waals surface area contributed by atoms with Gasteiger partial charge in [0.15, 0.2) is 0 Å². The largest absolute Gasteiger partial charge is 0.382 e. The molecule has 0 aliphatic rings. The molecule has 0 bridgehead atoms. The van der Waals surface area contributed by atoms with Crippen molar-refractivity contribution in [1.82, 2.24) is 9.78 Å². The maximum Gasteiger partial charge on any atom is 0.145 e. The molecule has 1 aromatic carbocycles. The summed E-state index contributed by atoms with van der Waals surface area (Å²) >= 11 is 8.17. The molecular weight excluding hydrogens is 312 g/mol. The van der Waals surface area contributed by atoms with Gasteiger partial charge in [0.05, 0.1) is 10.7 Å². The lowest BCUT2D eigenvalue weighted by molar-refractivity contribution is 0.886. The number of nitrogens with zero attached hydrogens (tertiary/aromatic N) is 2. The highest BCUT2D eigenvalue weighted by Gasteiger charge is 2.01. The molecule has 0 amide bonds. The van der Waals surface area contributed by atoms with Crippen LogP contribution in [0.2, 0.25) is 5.02 Å². The van der Waals surface area contributed by atoms with Crippen molar-refractivity contribution in [3.05, 3.63) is 39.1 Å². The fraction of sp³-hybridized carbons (Fsp3) is 0. The maximum absolute atomic E-state index is 5.99. The minimum Gasteiger partial charge on any atom is -0.382 e. The fourth-order valence-electron chi connectivity index (χ4n) is 1.11. The number of halogens is 2. The summed E-state index contributed by atoms with van der Waals surface area (Å²) in [5.74, 6) is 0.500. The predicted octanol–water partition coefficient (Wildman–Crippen LogP) is 2.71. The molecule has 2 N–H and O–H groups in total. The van der Waals surface area contributed by atoms with E-state index in [9.17, 15) is 0 Å². The lowest BCUT2D eigenvalue weighted by atomic mass is 10.3. The van der Waals surface area contributed by atoms with Gasteiger partial charge in [-0.25, -0.2) is 4.68 Å². The zero-order valence-corrected chi connectivity index (χ0v) is 10.0. The van der Waals surface area contributed by atoms with Gasteiger partial charge in [-0.15, -0.1) is 0 Å². The Bertz CT molecular complexity index is 467. The second-order valence-electron chi connectivity index (χ2n) is 2.78. The van der Waals surface area contributed by atoms with Crippen LogP contribution in [0, 0.1) is 3.57 Å². The summed E-state index contributed by atoms with van der Waals surface area (Å²) in [5, 5.41) is 4.80. The number of rotatable bonds is 1. The van der Waals surface area contributed by atoms with Crippen molar-refractivity contribution in [2.45, 2.75) is 0 Å². The van der Waals surface area contributed by atoms with Gasteiger partial charge >= 0.3 is 0 Å². The van der Waals surface area contributed by atoms with E-state index < -0.39 is 0 Å². The van der Waals surface area contributed by atoms with Crippen LogP contribution in [-0.4, -0.2) is 9.78 Å². The second kappa shape index (κ2) is 3.78. The monoisotopic (exact) mass is 319 g/mol. The molecule has 0 unspecified atom stereocenters. The van der Waals surface area contributed by atoms with Gasteiger partial charge in [-0.1, -0.05) is 11.6 Å². The van der Waals surface area contributed by atoms with Crippen LogP contribution in [0.15, 0.2) is 30.5 Å². The summed E-state index contributed by atoms with van der Waals surface area (Å²) in [4.78, 5) is 0. The van der Waals surface area contributed by atoms with E-state index in [4.69, 9.17) is 17.3 Å². The molecule has 0 saturated carbocycles. The molecule has 14 heavy (non-hydrogen) atoms. The van der Waals surface area contributed by atoms with E-state index >= 15 is 0 Å². The minimum absolute atomic E-state index is 0.500. The van der Waals surface area contributed by atoms with Crippen LogP contribution in [0.3, 0.4) is 0 Å². The number of hydrogen-bond acceptors (Lipinski definition) is 2. The van der Waals surface area contributed by atoms with E-state index in [0.717, 1.165) is 14.3 Å². The number of nitrogens with two attached hydrogens (primary N) is 1. The standard InChI is InChI=1S/C9H7ClIN3/c10-7-5-6(1-2-8(7)11)14-4-3-9(12)13-14/h1-5H,(H2,12,13). The Kier molecular flexibility index (Phi) is 2.64.